The Bertz CT molecular complexity index is 283. The van der Waals surface area contributed by atoms with Crippen molar-refractivity contribution in [3.63, 3.8) is 0 Å². The third-order valence-electron chi connectivity index (χ3n) is 2.86. The van der Waals surface area contributed by atoms with Crippen LogP contribution in [0, 0.1) is 0 Å². The molecule has 2 aliphatic rings. The Morgan fingerprint density at radius 3 is 2.64 bits per heavy atom. The van der Waals surface area contributed by atoms with Crippen molar-refractivity contribution in [3.05, 3.63) is 0 Å². The van der Waals surface area contributed by atoms with Gasteiger partial charge in [-0.05, 0) is 25.0 Å². The van der Waals surface area contributed by atoms with Crippen LogP contribution in [-0.2, 0) is 9.84 Å². The largest absolute Gasteiger partial charge is 0.309 e. The summed E-state index contributed by atoms with van der Waals surface area (Å²) in [5.41, 5.74) is 0. The van der Waals surface area contributed by atoms with Gasteiger partial charge in [0.05, 0.1) is 11.5 Å². The van der Waals surface area contributed by atoms with E-state index in [0.29, 0.717) is 17.5 Å². The predicted octanol–water partition coefficient (Wildman–Crippen LogP) is 0.659. The Morgan fingerprint density at radius 2 is 2.07 bits per heavy atom. The summed E-state index contributed by atoms with van der Waals surface area (Å²) < 4.78 is 22.5. The van der Waals surface area contributed by atoms with Gasteiger partial charge in [0.15, 0.2) is 9.84 Å². The van der Waals surface area contributed by atoms with Gasteiger partial charge in [-0.25, -0.2) is 8.42 Å². The summed E-state index contributed by atoms with van der Waals surface area (Å²) in [6.45, 7) is 0. The minimum absolute atomic E-state index is 0.226. The first-order valence-corrected chi connectivity index (χ1v) is 8.17. The van der Waals surface area contributed by atoms with Gasteiger partial charge in [-0.2, -0.15) is 11.8 Å². The highest BCUT2D eigenvalue weighted by Crippen LogP contribution is 2.19. The second-order valence-electron chi connectivity index (χ2n) is 4.18. The van der Waals surface area contributed by atoms with Crippen molar-refractivity contribution in [2.24, 2.45) is 0 Å². The van der Waals surface area contributed by atoms with Crippen molar-refractivity contribution in [1.82, 2.24) is 5.32 Å². The van der Waals surface area contributed by atoms with Crippen LogP contribution in [-0.4, -0.2) is 43.5 Å². The van der Waals surface area contributed by atoms with Crippen LogP contribution in [0.15, 0.2) is 0 Å². The standard InChI is InChI=1S/C9H17NO2S2/c11-14(12)5-3-9(7-14)10-8-2-1-4-13-6-8/h8-10H,1-7H2/t8-,9+/m1/s1. The number of rotatable bonds is 2. The molecule has 2 saturated heterocycles. The molecule has 82 valence electrons. The van der Waals surface area contributed by atoms with Crippen molar-refractivity contribution >= 4 is 21.6 Å². The normalized spacial score (nSPS) is 37.1. The van der Waals surface area contributed by atoms with Crippen molar-refractivity contribution < 1.29 is 8.42 Å². The highest BCUT2D eigenvalue weighted by atomic mass is 32.2. The molecule has 0 aromatic rings. The topological polar surface area (TPSA) is 46.2 Å². The van der Waals surface area contributed by atoms with Gasteiger partial charge >= 0.3 is 0 Å². The number of thioether (sulfide) groups is 1. The fourth-order valence-corrected chi connectivity index (χ4v) is 4.90. The Balaban J connectivity index is 1.80. The van der Waals surface area contributed by atoms with Gasteiger partial charge in [-0.1, -0.05) is 0 Å². The third kappa shape index (κ3) is 2.87. The van der Waals surface area contributed by atoms with Crippen LogP contribution >= 0.6 is 11.8 Å². The summed E-state index contributed by atoms with van der Waals surface area (Å²) in [5.74, 6) is 3.15. The molecule has 0 saturated carbocycles. The van der Waals surface area contributed by atoms with Crippen LogP contribution in [0.4, 0.5) is 0 Å². The maximum Gasteiger partial charge on any atom is 0.151 e. The maximum atomic E-state index is 11.2. The fourth-order valence-electron chi connectivity index (χ4n) is 2.13. The van der Waals surface area contributed by atoms with Crippen molar-refractivity contribution in [2.45, 2.75) is 31.3 Å². The third-order valence-corrected chi connectivity index (χ3v) is 5.85. The van der Waals surface area contributed by atoms with Gasteiger partial charge in [0, 0.05) is 17.8 Å². The molecule has 2 rings (SSSR count). The molecule has 0 spiro atoms. The summed E-state index contributed by atoms with van der Waals surface area (Å²) in [6, 6.07) is 0.774. The van der Waals surface area contributed by atoms with Gasteiger partial charge in [-0.3, -0.25) is 0 Å². The zero-order valence-electron chi connectivity index (χ0n) is 8.24. The van der Waals surface area contributed by atoms with Crippen LogP contribution in [0.25, 0.3) is 0 Å². The minimum atomic E-state index is -2.72. The fraction of sp³-hybridized carbons (Fsp3) is 1.00. The maximum absolute atomic E-state index is 11.2. The SMILES string of the molecule is O=S1(=O)CC[C@H](N[C@@H]2CCCSC2)C1. The van der Waals surface area contributed by atoms with E-state index in [2.05, 4.69) is 5.32 Å². The van der Waals surface area contributed by atoms with Crippen molar-refractivity contribution in [2.75, 3.05) is 23.0 Å². The van der Waals surface area contributed by atoms with E-state index < -0.39 is 9.84 Å². The molecule has 2 aliphatic heterocycles. The quantitative estimate of drug-likeness (QED) is 0.764. The van der Waals surface area contributed by atoms with E-state index >= 15 is 0 Å². The van der Waals surface area contributed by atoms with E-state index in [1.165, 1.54) is 18.6 Å². The Kier molecular flexibility index (Phi) is 3.39. The summed E-state index contributed by atoms with van der Waals surface area (Å²) >= 11 is 1.97. The van der Waals surface area contributed by atoms with Crippen LogP contribution in [0.1, 0.15) is 19.3 Å². The lowest BCUT2D eigenvalue weighted by atomic mass is 10.1. The van der Waals surface area contributed by atoms with Crippen molar-refractivity contribution in [1.29, 1.82) is 0 Å². The summed E-state index contributed by atoms with van der Waals surface area (Å²) in [6.07, 6.45) is 3.29. The molecule has 0 aromatic heterocycles. The van der Waals surface area contributed by atoms with E-state index in [4.69, 9.17) is 0 Å². The number of sulfone groups is 1. The summed E-state index contributed by atoms with van der Waals surface area (Å²) in [4.78, 5) is 0. The van der Waals surface area contributed by atoms with Gasteiger partial charge in [0.2, 0.25) is 0 Å². The second kappa shape index (κ2) is 4.41. The highest BCUT2D eigenvalue weighted by Gasteiger charge is 2.29. The smallest absolute Gasteiger partial charge is 0.151 e. The van der Waals surface area contributed by atoms with Crippen LogP contribution in [0.5, 0.6) is 0 Å². The second-order valence-corrected chi connectivity index (χ2v) is 7.56. The lowest BCUT2D eigenvalue weighted by Gasteiger charge is -2.25. The van der Waals surface area contributed by atoms with E-state index in [0.717, 1.165) is 12.2 Å². The summed E-state index contributed by atoms with van der Waals surface area (Å²) in [5, 5.41) is 3.47. The Labute approximate surface area is 89.9 Å². The van der Waals surface area contributed by atoms with Gasteiger partial charge < -0.3 is 5.32 Å². The average Bonchev–Trinajstić information content (AvgIpc) is 2.47. The average molecular weight is 235 g/mol. The molecule has 3 nitrogen and oxygen atoms in total. The molecular weight excluding hydrogens is 218 g/mol. The van der Waals surface area contributed by atoms with Crippen LogP contribution in [0.3, 0.4) is 0 Å². The molecule has 14 heavy (non-hydrogen) atoms. The number of hydrogen-bond acceptors (Lipinski definition) is 4. The van der Waals surface area contributed by atoms with E-state index in [1.807, 2.05) is 11.8 Å². The molecular formula is C9H17NO2S2. The highest BCUT2D eigenvalue weighted by molar-refractivity contribution is 7.99. The molecule has 0 unspecified atom stereocenters. The van der Waals surface area contributed by atoms with E-state index in [-0.39, 0.29) is 6.04 Å². The first-order valence-electron chi connectivity index (χ1n) is 5.20. The molecule has 2 fully saturated rings. The number of hydrogen-bond donors (Lipinski definition) is 1. The first kappa shape index (κ1) is 10.8. The van der Waals surface area contributed by atoms with Gasteiger partial charge in [0.1, 0.15) is 0 Å². The van der Waals surface area contributed by atoms with E-state index in [9.17, 15) is 8.42 Å². The molecule has 0 aromatic carbocycles. The first-order chi connectivity index (χ1) is 6.66. The molecule has 0 aliphatic carbocycles. The molecule has 0 bridgehead atoms. The zero-order chi connectivity index (χ0) is 10.0. The lowest BCUT2D eigenvalue weighted by Crippen LogP contribution is -2.41. The van der Waals surface area contributed by atoms with Crippen molar-refractivity contribution in [3.8, 4) is 0 Å². The van der Waals surface area contributed by atoms with Crippen LogP contribution < -0.4 is 5.32 Å². The molecule has 5 heteroatoms. The predicted molar refractivity (Wildman–Crippen MR) is 60.5 cm³/mol. The van der Waals surface area contributed by atoms with Gasteiger partial charge in [-0.15, -0.1) is 0 Å². The summed E-state index contributed by atoms with van der Waals surface area (Å²) in [7, 11) is -2.72. The zero-order valence-corrected chi connectivity index (χ0v) is 9.87. The molecule has 2 heterocycles. The van der Waals surface area contributed by atoms with Gasteiger partial charge in [0.25, 0.3) is 0 Å². The molecule has 0 radical (unpaired) electrons. The molecule has 2 atom stereocenters. The lowest BCUT2D eigenvalue weighted by molar-refractivity contribution is 0.447. The minimum Gasteiger partial charge on any atom is -0.309 e. The van der Waals surface area contributed by atoms with Crippen LogP contribution in [0.2, 0.25) is 0 Å². The number of nitrogens with one attached hydrogen (secondary N) is 1. The van der Waals surface area contributed by atoms with E-state index in [1.54, 1.807) is 0 Å². The monoisotopic (exact) mass is 235 g/mol. The molecule has 1 N–H and O–H groups in total. The Hall–Kier alpha value is 0.260. The Morgan fingerprint density at radius 1 is 1.21 bits per heavy atom. The molecule has 0 amide bonds.